The Balaban J connectivity index is 2.65. The van der Waals surface area contributed by atoms with E-state index in [-0.39, 0.29) is 4.90 Å². The fourth-order valence-corrected chi connectivity index (χ4v) is 4.15. The van der Waals surface area contributed by atoms with Gasteiger partial charge in [0.25, 0.3) is 0 Å². The van der Waals surface area contributed by atoms with E-state index in [0.717, 1.165) is 4.90 Å². The molecule has 90 valence electrons. The first-order chi connectivity index (χ1) is 8.00. The number of nitriles is 1. The number of fused-ring (bicyclic) bond motifs is 1. The number of nitrogens with one attached hydrogen (secondary N) is 1. The van der Waals surface area contributed by atoms with Crippen LogP contribution < -0.4 is 5.32 Å². The average Bonchev–Trinajstić information content (AvgIpc) is 2.28. The van der Waals surface area contributed by atoms with Gasteiger partial charge in [0.2, 0.25) is 0 Å². The van der Waals surface area contributed by atoms with Crippen molar-refractivity contribution in [3.63, 3.8) is 0 Å². The molecule has 1 aromatic rings. The van der Waals surface area contributed by atoms with Crippen LogP contribution in [0.2, 0.25) is 0 Å². The third-order valence-corrected chi connectivity index (χ3v) is 5.65. The van der Waals surface area contributed by atoms with Crippen molar-refractivity contribution in [1.82, 2.24) is 0 Å². The van der Waals surface area contributed by atoms with Crippen LogP contribution in [0.3, 0.4) is 0 Å². The molecule has 0 bridgehead atoms. The van der Waals surface area contributed by atoms with E-state index in [1.165, 1.54) is 11.8 Å². The van der Waals surface area contributed by atoms with Crippen LogP contribution in [0, 0.1) is 11.3 Å². The molecule has 4 nitrogen and oxygen atoms in total. The van der Waals surface area contributed by atoms with Gasteiger partial charge in [-0.25, -0.2) is 8.42 Å². The summed E-state index contributed by atoms with van der Waals surface area (Å²) in [5.74, 6) is 0. The van der Waals surface area contributed by atoms with Gasteiger partial charge in [0.05, 0.1) is 22.7 Å². The van der Waals surface area contributed by atoms with Crippen molar-refractivity contribution in [2.75, 3.05) is 11.6 Å². The molecule has 17 heavy (non-hydrogen) atoms. The summed E-state index contributed by atoms with van der Waals surface area (Å²) in [5, 5.41) is 11.0. The molecular weight excluding hydrogens is 256 g/mol. The van der Waals surface area contributed by atoms with Crippen molar-refractivity contribution in [3.8, 4) is 6.07 Å². The monoisotopic (exact) mass is 268 g/mol. The van der Waals surface area contributed by atoms with Crippen molar-refractivity contribution in [2.24, 2.45) is 0 Å². The summed E-state index contributed by atoms with van der Waals surface area (Å²) in [6, 6.07) is 6.72. The van der Waals surface area contributed by atoms with Crippen LogP contribution in [0.15, 0.2) is 28.0 Å². The second-order valence-electron chi connectivity index (χ2n) is 3.89. The predicted molar refractivity (Wildman–Crippen MR) is 67.9 cm³/mol. The minimum Gasteiger partial charge on any atom is -0.379 e. The van der Waals surface area contributed by atoms with Gasteiger partial charge in [0.15, 0.2) is 15.1 Å². The molecule has 0 amide bonds. The third-order valence-electron chi connectivity index (χ3n) is 2.79. The first-order valence-electron chi connectivity index (χ1n) is 5.09. The Bertz CT molecular complexity index is 590. The number of thioether (sulfide) groups is 1. The van der Waals surface area contributed by atoms with Gasteiger partial charge in [-0.3, -0.25) is 0 Å². The van der Waals surface area contributed by atoms with Crippen molar-refractivity contribution < 1.29 is 8.42 Å². The zero-order chi connectivity index (χ0) is 12.6. The second kappa shape index (κ2) is 4.24. The molecule has 0 aromatic heterocycles. The average molecular weight is 268 g/mol. The summed E-state index contributed by atoms with van der Waals surface area (Å²) >= 11 is 1.48. The Morgan fingerprint density at radius 2 is 2.18 bits per heavy atom. The number of hydrogen-bond acceptors (Lipinski definition) is 5. The summed E-state index contributed by atoms with van der Waals surface area (Å²) < 4.78 is 24.5. The van der Waals surface area contributed by atoms with E-state index < -0.39 is 21.1 Å². The molecular formula is C11H12N2O2S2. The van der Waals surface area contributed by atoms with Gasteiger partial charge in [-0.05, 0) is 31.4 Å². The SMILES string of the molecule is CSc1ccc2c(c1)S(=O)(=O)C(C#N)C(C)N2. The number of rotatable bonds is 1. The maximum atomic E-state index is 12.2. The lowest BCUT2D eigenvalue weighted by Gasteiger charge is -2.28. The van der Waals surface area contributed by atoms with Crippen LogP contribution in [0.5, 0.6) is 0 Å². The molecule has 1 aliphatic rings. The van der Waals surface area contributed by atoms with Crippen LogP contribution in [0.25, 0.3) is 0 Å². The molecule has 2 unspecified atom stereocenters. The zero-order valence-corrected chi connectivity index (χ0v) is 11.1. The van der Waals surface area contributed by atoms with E-state index in [1.54, 1.807) is 19.1 Å². The van der Waals surface area contributed by atoms with Gasteiger partial charge < -0.3 is 5.32 Å². The van der Waals surface area contributed by atoms with Gasteiger partial charge in [-0.1, -0.05) is 0 Å². The molecule has 1 aliphatic heterocycles. The fraction of sp³-hybridized carbons (Fsp3) is 0.364. The Hall–Kier alpha value is -1.19. The minimum atomic E-state index is -3.55. The number of nitrogens with zero attached hydrogens (tertiary/aromatic N) is 1. The lowest BCUT2D eigenvalue weighted by atomic mass is 10.2. The lowest BCUT2D eigenvalue weighted by Crippen LogP contribution is -2.40. The highest BCUT2D eigenvalue weighted by Crippen LogP contribution is 2.34. The molecule has 0 radical (unpaired) electrons. The molecule has 2 atom stereocenters. The lowest BCUT2D eigenvalue weighted by molar-refractivity contribution is 0.577. The molecule has 0 fully saturated rings. The Labute approximate surface area is 105 Å². The molecule has 0 spiro atoms. The van der Waals surface area contributed by atoms with E-state index in [9.17, 15) is 8.42 Å². The maximum absolute atomic E-state index is 12.2. The minimum absolute atomic E-state index is 0.231. The molecule has 0 saturated heterocycles. The highest BCUT2D eigenvalue weighted by atomic mass is 32.2. The number of sulfone groups is 1. The number of anilines is 1. The predicted octanol–water partition coefficient (Wildman–Crippen LogP) is 1.89. The summed E-state index contributed by atoms with van der Waals surface area (Å²) in [4.78, 5) is 1.11. The molecule has 0 saturated carbocycles. The van der Waals surface area contributed by atoms with Gasteiger partial charge in [0, 0.05) is 4.90 Å². The van der Waals surface area contributed by atoms with Crippen LogP contribution in [-0.2, 0) is 9.84 Å². The van der Waals surface area contributed by atoms with Gasteiger partial charge in [0.1, 0.15) is 0 Å². The summed E-state index contributed by atoms with van der Waals surface area (Å²) in [7, 11) is -3.55. The second-order valence-corrected chi connectivity index (χ2v) is 6.81. The number of hydrogen-bond donors (Lipinski definition) is 1. The van der Waals surface area contributed by atoms with Crippen LogP contribution in [0.1, 0.15) is 6.92 Å². The van der Waals surface area contributed by atoms with Crippen molar-refractivity contribution >= 4 is 27.3 Å². The third kappa shape index (κ3) is 1.90. The Morgan fingerprint density at radius 1 is 1.47 bits per heavy atom. The number of benzene rings is 1. The normalized spacial score (nSPS) is 25.5. The first kappa shape index (κ1) is 12.3. The first-order valence-corrected chi connectivity index (χ1v) is 7.86. The molecule has 0 aliphatic carbocycles. The van der Waals surface area contributed by atoms with Gasteiger partial charge in [-0.2, -0.15) is 5.26 Å². The van der Waals surface area contributed by atoms with E-state index >= 15 is 0 Å². The molecule has 1 aromatic carbocycles. The largest absolute Gasteiger partial charge is 0.379 e. The van der Waals surface area contributed by atoms with Crippen LogP contribution in [0.4, 0.5) is 5.69 Å². The molecule has 2 rings (SSSR count). The van der Waals surface area contributed by atoms with E-state index in [0.29, 0.717) is 5.69 Å². The Kier molecular flexibility index (Phi) is 3.06. The van der Waals surface area contributed by atoms with Crippen molar-refractivity contribution in [2.45, 2.75) is 28.0 Å². The van der Waals surface area contributed by atoms with Crippen LogP contribution >= 0.6 is 11.8 Å². The molecule has 1 heterocycles. The van der Waals surface area contributed by atoms with Crippen molar-refractivity contribution in [1.29, 1.82) is 5.26 Å². The smallest absolute Gasteiger partial charge is 0.198 e. The summed E-state index contributed by atoms with van der Waals surface area (Å²) in [6.07, 6.45) is 1.88. The summed E-state index contributed by atoms with van der Waals surface area (Å²) in [5.41, 5.74) is 0.585. The zero-order valence-electron chi connectivity index (χ0n) is 9.47. The van der Waals surface area contributed by atoms with Gasteiger partial charge >= 0.3 is 0 Å². The maximum Gasteiger partial charge on any atom is 0.198 e. The standard InChI is InChI=1S/C11H12N2O2S2/c1-7-11(6-12)17(14,15)10-5-8(16-2)3-4-9(10)13-7/h3-5,7,11,13H,1-2H3. The highest BCUT2D eigenvalue weighted by Gasteiger charge is 2.38. The van der Waals surface area contributed by atoms with E-state index in [2.05, 4.69) is 5.32 Å². The molecule has 6 heteroatoms. The fourth-order valence-electron chi connectivity index (χ4n) is 1.89. The highest BCUT2D eigenvalue weighted by molar-refractivity contribution is 7.98. The summed E-state index contributed by atoms with van der Waals surface area (Å²) in [6.45, 7) is 1.71. The van der Waals surface area contributed by atoms with Gasteiger partial charge in [-0.15, -0.1) is 11.8 Å². The van der Waals surface area contributed by atoms with Crippen molar-refractivity contribution in [3.05, 3.63) is 18.2 Å². The topological polar surface area (TPSA) is 70.0 Å². The van der Waals surface area contributed by atoms with E-state index in [4.69, 9.17) is 5.26 Å². The quantitative estimate of drug-likeness (QED) is 0.788. The van der Waals surface area contributed by atoms with Crippen LogP contribution in [-0.4, -0.2) is 26.0 Å². The Morgan fingerprint density at radius 3 is 2.76 bits per heavy atom. The molecule has 1 N–H and O–H groups in total. The van der Waals surface area contributed by atoms with E-state index in [1.807, 2.05) is 18.4 Å².